The Hall–Kier alpha value is -1.33. The Balaban J connectivity index is 1.93. The maximum Gasteiger partial charge on any atom is 0.205 e. The fourth-order valence-electron chi connectivity index (χ4n) is 1.67. The van der Waals surface area contributed by atoms with E-state index in [1.807, 2.05) is 18.2 Å². The number of nitrogens with zero attached hydrogens (tertiary/aromatic N) is 2. The summed E-state index contributed by atoms with van der Waals surface area (Å²) >= 11 is 7.60. The summed E-state index contributed by atoms with van der Waals surface area (Å²) < 4.78 is 5.73. The van der Waals surface area contributed by atoms with E-state index in [0.29, 0.717) is 6.61 Å². The largest absolute Gasteiger partial charge is 0.486 e. The molecule has 0 radical (unpaired) electrons. The van der Waals surface area contributed by atoms with Crippen molar-refractivity contribution in [2.75, 3.05) is 11.9 Å². The van der Waals surface area contributed by atoms with Gasteiger partial charge in [0.2, 0.25) is 5.13 Å². The van der Waals surface area contributed by atoms with E-state index < -0.39 is 0 Å². The predicted octanol–water partition coefficient (Wildman–Crippen LogP) is 4.15. The van der Waals surface area contributed by atoms with E-state index in [1.54, 1.807) is 0 Å². The summed E-state index contributed by atoms with van der Waals surface area (Å²) in [6, 6.07) is 5.71. The van der Waals surface area contributed by atoms with Gasteiger partial charge in [0.25, 0.3) is 0 Å². The highest BCUT2D eigenvalue weighted by Crippen LogP contribution is 2.24. The van der Waals surface area contributed by atoms with Crippen LogP contribution in [0, 0.1) is 0 Å². The van der Waals surface area contributed by atoms with Crippen LogP contribution in [-0.2, 0) is 13.0 Å². The molecule has 1 heterocycles. The molecule has 0 fully saturated rings. The molecule has 0 saturated heterocycles. The van der Waals surface area contributed by atoms with Gasteiger partial charge in [-0.3, -0.25) is 0 Å². The predicted molar refractivity (Wildman–Crippen MR) is 83.9 cm³/mol. The monoisotopic (exact) mass is 311 g/mol. The molecule has 0 atom stereocenters. The molecule has 4 nitrogen and oxygen atoms in total. The molecule has 0 aliphatic carbocycles. The zero-order chi connectivity index (χ0) is 14.4. The molecule has 0 amide bonds. The van der Waals surface area contributed by atoms with Crippen LogP contribution in [0.1, 0.15) is 30.8 Å². The number of halogens is 1. The van der Waals surface area contributed by atoms with Crippen LogP contribution in [0.15, 0.2) is 18.2 Å². The van der Waals surface area contributed by atoms with Gasteiger partial charge < -0.3 is 10.1 Å². The van der Waals surface area contributed by atoms with Crippen LogP contribution in [0.4, 0.5) is 5.13 Å². The van der Waals surface area contributed by atoms with Gasteiger partial charge in [0, 0.05) is 11.6 Å². The Morgan fingerprint density at radius 3 is 2.90 bits per heavy atom. The molecule has 6 heteroatoms. The van der Waals surface area contributed by atoms with E-state index in [2.05, 4.69) is 29.4 Å². The highest BCUT2D eigenvalue weighted by molar-refractivity contribution is 7.15. The van der Waals surface area contributed by atoms with Crippen molar-refractivity contribution in [2.24, 2.45) is 0 Å². The molecule has 0 aliphatic rings. The van der Waals surface area contributed by atoms with Gasteiger partial charge in [0.05, 0.1) is 0 Å². The number of benzene rings is 1. The topological polar surface area (TPSA) is 47.0 Å². The van der Waals surface area contributed by atoms with Gasteiger partial charge in [-0.2, -0.15) is 0 Å². The lowest BCUT2D eigenvalue weighted by Gasteiger charge is -2.06. The lowest BCUT2D eigenvalue weighted by Crippen LogP contribution is -1.98. The summed E-state index contributed by atoms with van der Waals surface area (Å²) in [6.45, 7) is 5.52. The number of hydrogen-bond acceptors (Lipinski definition) is 5. The molecule has 0 saturated carbocycles. The third-order valence-corrected chi connectivity index (χ3v) is 3.98. The van der Waals surface area contributed by atoms with Gasteiger partial charge in [0.15, 0.2) is 5.01 Å². The van der Waals surface area contributed by atoms with Crippen LogP contribution in [0.5, 0.6) is 5.75 Å². The summed E-state index contributed by atoms with van der Waals surface area (Å²) in [5.74, 6) is 0.810. The first-order valence-corrected chi connectivity index (χ1v) is 7.89. The Morgan fingerprint density at radius 2 is 2.15 bits per heavy atom. The summed E-state index contributed by atoms with van der Waals surface area (Å²) in [4.78, 5) is 0. The number of rotatable bonds is 7. The SMILES string of the molecule is CCCNc1nnc(COc2ccc(Cl)c(CC)c2)s1. The minimum Gasteiger partial charge on any atom is -0.486 e. The maximum absolute atomic E-state index is 6.08. The first-order valence-electron chi connectivity index (χ1n) is 6.70. The molecule has 0 unspecified atom stereocenters. The summed E-state index contributed by atoms with van der Waals surface area (Å²) in [6.07, 6.45) is 1.95. The van der Waals surface area contributed by atoms with E-state index in [0.717, 1.165) is 45.9 Å². The van der Waals surface area contributed by atoms with E-state index in [1.165, 1.54) is 11.3 Å². The van der Waals surface area contributed by atoms with Crippen LogP contribution in [-0.4, -0.2) is 16.7 Å². The van der Waals surface area contributed by atoms with Crippen LogP contribution in [0.2, 0.25) is 5.02 Å². The molecular weight excluding hydrogens is 294 g/mol. The summed E-state index contributed by atoms with van der Waals surface area (Å²) in [5, 5.41) is 13.9. The van der Waals surface area contributed by atoms with Gasteiger partial charge in [-0.1, -0.05) is 36.8 Å². The molecule has 2 aromatic rings. The van der Waals surface area contributed by atoms with Gasteiger partial charge in [-0.05, 0) is 36.6 Å². The Kier molecular flexibility index (Phi) is 5.61. The second-order valence-corrected chi connectivity index (χ2v) is 5.79. The van der Waals surface area contributed by atoms with E-state index in [4.69, 9.17) is 16.3 Å². The molecule has 0 spiro atoms. The second kappa shape index (κ2) is 7.45. The normalized spacial score (nSPS) is 10.6. The number of ether oxygens (including phenoxy) is 1. The molecule has 2 rings (SSSR count). The Morgan fingerprint density at radius 1 is 1.30 bits per heavy atom. The zero-order valence-electron chi connectivity index (χ0n) is 11.6. The Bertz CT molecular complexity index is 559. The first kappa shape index (κ1) is 15.1. The van der Waals surface area contributed by atoms with E-state index in [-0.39, 0.29) is 0 Å². The number of aryl methyl sites for hydroxylation is 1. The lowest BCUT2D eigenvalue weighted by atomic mass is 10.1. The van der Waals surface area contributed by atoms with E-state index >= 15 is 0 Å². The molecule has 20 heavy (non-hydrogen) atoms. The molecule has 1 N–H and O–H groups in total. The molecular formula is C14H18ClN3OS. The minimum absolute atomic E-state index is 0.427. The quantitative estimate of drug-likeness (QED) is 0.834. The van der Waals surface area contributed by atoms with Gasteiger partial charge in [-0.15, -0.1) is 10.2 Å². The van der Waals surface area contributed by atoms with Crippen molar-refractivity contribution in [3.8, 4) is 5.75 Å². The third kappa shape index (κ3) is 4.08. The Labute approximate surface area is 128 Å². The summed E-state index contributed by atoms with van der Waals surface area (Å²) in [7, 11) is 0. The standard InChI is InChI=1S/C14H18ClN3OS/c1-3-7-16-14-18-17-13(20-14)9-19-11-5-6-12(15)10(4-2)8-11/h5-6,8H,3-4,7,9H2,1-2H3,(H,16,18). The lowest BCUT2D eigenvalue weighted by molar-refractivity contribution is 0.304. The number of anilines is 1. The molecule has 108 valence electrons. The number of nitrogens with one attached hydrogen (secondary N) is 1. The minimum atomic E-state index is 0.427. The van der Waals surface area contributed by atoms with Crippen molar-refractivity contribution in [3.63, 3.8) is 0 Å². The van der Waals surface area contributed by atoms with E-state index in [9.17, 15) is 0 Å². The average molecular weight is 312 g/mol. The second-order valence-electron chi connectivity index (χ2n) is 4.32. The first-order chi connectivity index (χ1) is 9.72. The van der Waals surface area contributed by atoms with Crippen molar-refractivity contribution in [1.82, 2.24) is 10.2 Å². The van der Waals surface area contributed by atoms with Crippen molar-refractivity contribution in [1.29, 1.82) is 0 Å². The van der Waals surface area contributed by atoms with Crippen molar-refractivity contribution < 1.29 is 4.74 Å². The third-order valence-electron chi connectivity index (χ3n) is 2.75. The van der Waals surface area contributed by atoms with Crippen molar-refractivity contribution in [2.45, 2.75) is 33.3 Å². The van der Waals surface area contributed by atoms with Crippen LogP contribution in [0.3, 0.4) is 0 Å². The fraction of sp³-hybridized carbons (Fsp3) is 0.429. The highest BCUT2D eigenvalue weighted by atomic mass is 35.5. The molecule has 0 bridgehead atoms. The summed E-state index contributed by atoms with van der Waals surface area (Å²) in [5.41, 5.74) is 1.09. The highest BCUT2D eigenvalue weighted by Gasteiger charge is 2.06. The van der Waals surface area contributed by atoms with Crippen molar-refractivity contribution >= 4 is 28.1 Å². The van der Waals surface area contributed by atoms with Crippen LogP contribution >= 0.6 is 22.9 Å². The van der Waals surface area contributed by atoms with Crippen LogP contribution in [0.25, 0.3) is 0 Å². The fourth-order valence-corrected chi connectivity index (χ4v) is 2.60. The van der Waals surface area contributed by atoms with Crippen molar-refractivity contribution in [3.05, 3.63) is 33.8 Å². The van der Waals surface area contributed by atoms with Gasteiger partial charge >= 0.3 is 0 Å². The zero-order valence-corrected chi connectivity index (χ0v) is 13.2. The van der Waals surface area contributed by atoms with Gasteiger partial charge in [-0.25, -0.2) is 0 Å². The van der Waals surface area contributed by atoms with Crippen LogP contribution < -0.4 is 10.1 Å². The smallest absolute Gasteiger partial charge is 0.205 e. The number of aromatic nitrogens is 2. The molecule has 0 aliphatic heterocycles. The number of hydrogen-bond donors (Lipinski definition) is 1. The van der Waals surface area contributed by atoms with Gasteiger partial charge in [0.1, 0.15) is 12.4 Å². The average Bonchev–Trinajstić information content (AvgIpc) is 2.92. The molecule has 1 aromatic carbocycles. The molecule has 1 aromatic heterocycles. The maximum atomic E-state index is 6.08.